The first kappa shape index (κ1) is 14.5. The summed E-state index contributed by atoms with van der Waals surface area (Å²) in [7, 11) is -3.83. The van der Waals surface area contributed by atoms with Gasteiger partial charge in [0.15, 0.2) is 4.75 Å². The first-order valence-corrected chi connectivity index (χ1v) is 7.16. The lowest BCUT2D eigenvalue weighted by Gasteiger charge is -2.43. The predicted octanol–water partition coefficient (Wildman–Crippen LogP) is 0.625. The number of anilines is 1. The molecule has 0 atom stereocenters. The Labute approximate surface area is 116 Å². The second kappa shape index (κ2) is 4.58. The van der Waals surface area contributed by atoms with Crippen molar-refractivity contribution in [3.05, 3.63) is 29.6 Å². The molecule has 0 bridgehead atoms. The molecule has 0 unspecified atom stereocenters. The van der Waals surface area contributed by atoms with Crippen molar-refractivity contribution in [2.24, 2.45) is 0 Å². The summed E-state index contributed by atoms with van der Waals surface area (Å²) >= 11 is 0. The van der Waals surface area contributed by atoms with E-state index in [1.807, 2.05) is 0 Å². The van der Waals surface area contributed by atoms with Gasteiger partial charge in [-0.05, 0) is 32.0 Å². The van der Waals surface area contributed by atoms with Crippen molar-refractivity contribution in [2.45, 2.75) is 18.6 Å². The molecule has 1 aliphatic rings. The van der Waals surface area contributed by atoms with Gasteiger partial charge in [0.1, 0.15) is 12.4 Å². The van der Waals surface area contributed by atoms with Crippen molar-refractivity contribution in [1.82, 2.24) is 0 Å². The van der Waals surface area contributed by atoms with E-state index in [-0.39, 0.29) is 11.3 Å². The maximum atomic E-state index is 13.2. The van der Waals surface area contributed by atoms with Gasteiger partial charge in [-0.2, -0.15) is 0 Å². The molecular weight excluding hydrogens is 285 g/mol. The molecule has 1 N–H and O–H groups in total. The molecule has 106 valence electrons. The topological polar surface area (TPSA) is 74.7 Å². The summed E-state index contributed by atoms with van der Waals surface area (Å²) in [5.41, 5.74) is 0.0307. The quantitative estimate of drug-likeness (QED) is 0.771. The zero-order chi connectivity index (χ0) is 15.1. The Kier molecular flexibility index (Phi) is 3.32. The molecule has 5 nitrogen and oxygen atoms in total. The monoisotopic (exact) mass is 297 g/mol. The summed E-state index contributed by atoms with van der Waals surface area (Å²) in [6.45, 7) is 2.16. The van der Waals surface area contributed by atoms with Crippen LogP contribution in [0.15, 0.2) is 18.2 Å². The highest BCUT2D eigenvalue weighted by atomic mass is 32.2. The highest BCUT2D eigenvalue weighted by molar-refractivity contribution is 7.98. The van der Waals surface area contributed by atoms with Crippen LogP contribution in [0.2, 0.25) is 0 Å². The molecule has 20 heavy (non-hydrogen) atoms. The van der Waals surface area contributed by atoms with Crippen LogP contribution in [-0.2, 0) is 14.8 Å². The summed E-state index contributed by atoms with van der Waals surface area (Å²) < 4.78 is 36.6. The van der Waals surface area contributed by atoms with Crippen LogP contribution in [0.3, 0.4) is 0 Å². The van der Waals surface area contributed by atoms with E-state index in [1.165, 1.54) is 19.9 Å². The Morgan fingerprint density at radius 2 is 2.05 bits per heavy atom. The van der Waals surface area contributed by atoms with Crippen molar-refractivity contribution in [3.63, 3.8) is 0 Å². The summed E-state index contributed by atoms with van der Waals surface area (Å²) in [6.07, 6.45) is 0. The SMILES string of the molecule is CC1(C)C(=O)N(c2ccc(F)cc2C#CCO)S1(=O)=O. The van der Waals surface area contributed by atoms with Crippen molar-refractivity contribution < 1.29 is 22.7 Å². The zero-order valence-electron chi connectivity index (χ0n) is 10.8. The van der Waals surface area contributed by atoms with E-state index in [9.17, 15) is 17.6 Å². The number of hydrogen-bond donors (Lipinski definition) is 1. The number of nitrogens with zero attached hydrogens (tertiary/aromatic N) is 1. The van der Waals surface area contributed by atoms with Crippen LogP contribution in [-0.4, -0.2) is 30.8 Å². The zero-order valence-corrected chi connectivity index (χ0v) is 11.7. The number of amides is 1. The Morgan fingerprint density at radius 1 is 1.40 bits per heavy atom. The lowest BCUT2D eigenvalue weighted by molar-refractivity contribution is -0.120. The van der Waals surface area contributed by atoms with Gasteiger partial charge in [-0.1, -0.05) is 11.8 Å². The average molecular weight is 297 g/mol. The van der Waals surface area contributed by atoms with Crippen molar-refractivity contribution >= 4 is 21.6 Å². The number of hydrogen-bond acceptors (Lipinski definition) is 4. The lowest BCUT2D eigenvalue weighted by atomic mass is 10.1. The van der Waals surface area contributed by atoms with E-state index in [4.69, 9.17) is 5.11 Å². The van der Waals surface area contributed by atoms with Crippen molar-refractivity contribution in [1.29, 1.82) is 0 Å². The van der Waals surface area contributed by atoms with Gasteiger partial charge < -0.3 is 5.11 Å². The Morgan fingerprint density at radius 3 is 2.60 bits per heavy atom. The second-order valence-corrected chi connectivity index (χ2v) is 7.04. The van der Waals surface area contributed by atoms with Gasteiger partial charge in [-0.25, -0.2) is 17.1 Å². The minimum atomic E-state index is -3.83. The third-order valence-electron chi connectivity index (χ3n) is 3.06. The van der Waals surface area contributed by atoms with Crippen LogP contribution >= 0.6 is 0 Å². The first-order valence-electron chi connectivity index (χ1n) is 5.72. The molecule has 1 fully saturated rings. The van der Waals surface area contributed by atoms with Gasteiger partial charge >= 0.3 is 0 Å². The highest BCUT2D eigenvalue weighted by Gasteiger charge is 2.61. The summed E-state index contributed by atoms with van der Waals surface area (Å²) in [5.74, 6) is 3.53. The van der Waals surface area contributed by atoms with Crippen LogP contribution in [0, 0.1) is 17.7 Å². The van der Waals surface area contributed by atoms with E-state index >= 15 is 0 Å². The Balaban J connectivity index is 2.58. The third kappa shape index (κ3) is 1.88. The molecule has 0 saturated carbocycles. The third-order valence-corrected chi connectivity index (χ3v) is 5.37. The normalized spacial score (nSPS) is 19.0. The van der Waals surface area contributed by atoms with Gasteiger partial charge in [-0.15, -0.1) is 0 Å². The van der Waals surface area contributed by atoms with Gasteiger partial charge in [0.25, 0.3) is 15.9 Å². The summed E-state index contributed by atoms with van der Waals surface area (Å²) in [4.78, 5) is 12.0. The Hall–Kier alpha value is -1.91. The molecule has 1 amide bonds. The smallest absolute Gasteiger partial charge is 0.263 e. The van der Waals surface area contributed by atoms with Gasteiger partial charge in [0.05, 0.1) is 11.3 Å². The average Bonchev–Trinajstić information content (AvgIpc) is 2.38. The maximum absolute atomic E-state index is 13.2. The molecule has 0 spiro atoms. The number of benzene rings is 1. The molecule has 0 aliphatic carbocycles. The molecule has 1 aromatic rings. The van der Waals surface area contributed by atoms with Gasteiger partial charge in [-0.3, -0.25) is 4.79 Å². The van der Waals surface area contributed by atoms with Crippen molar-refractivity contribution in [2.75, 3.05) is 10.9 Å². The summed E-state index contributed by atoms with van der Waals surface area (Å²) in [5, 5.41) is 8.67. The fraction of sp³-hybridized carbons (Fsp3) is 0.308. The number of carbonyl (C=O) groups is 1. The maximum Gasteiger partial charge on any atom is 0.263 e. The highest BCUT2D eigenvalue weighted by Crippen LogP contribution is 2.40. The fourth-order valence-corrected chi connectivity index (χ4v) is 3.31. The number of sulfonamides is 1. The number of aliphatic hydroxyl groups is 1. The summed E-state index contributed by atoms with van der Waals surface area (Å²) in [6, 6.07) is 3.25. The van der Waals surface area contributed by atoms with E-state index in [0.717, 1.165) is 12.1 Å². The molecule has 7 heteroatoms. The standard InChI is InChI=1S/C13H12FNO4S/c1-13(2)12(17)15(20(13,18)19)11-6-5-10(14)8-9(11)4-3-7-16/h5-6,8,16H,7H2,1-2H3. The number of rotatable bonds is 1. The van der Waals surface area contributed by atoms with E-state index in [1.54, 1.807) is 0 Å². The molecule has 1 saturated heterocycles. The number of aliphatic hydroxyl groups excluding tert-OH is 1. The van der Waals surface area contributed by atoms with Crippen LogP contribution in [0.25, 0.3) is 0 Å². The fourth-order valence-electron chi connectivity index (χ4n) is 1.81. The molecule has 1 heterocycles. The molecule has 1 aliphatic heterocycles. The molecular formula is C13H12FNO4S. The lowest BCUT2D eigenvalue weighted by Crippen LogP contribution is -2.67. The Bertz CT molecular complexity index is 743. The van der Waals surface area contributed by atoms with E-state index < -0.39 is 33.1 Å². The van der Waals surface area contributed by atoms with Crippen LogP contribution in [0.4, 0.5) is 10.1 Å². The van der Waals surface area contributed by atoms with Crippen LogP contribution in [0.5, 0.6) is 0 Å². The first-order chi connectivity index (χ1) is 9.23. The second-order valence-electron chi connectivity index (χ2n) is 4.71. The van der Waals surface area contributed by atoms with Crippen LogP contribution in [0.1, 0.15) is 19.4 Å². The largest absolute Gasteiger partial charge is 0.384 e. The molecule has 0 aromatic heterocycles. The molecule has 2 rings (SSSR count). The van der Waals surface area contributed by atoms with Gasteiger partial charge in [0, 0.05) is 0 Å². The number of halogens is 1. The molecule has 1 aromatic carbocycles. The minimum Gasteiger partial charge on any atom is -0.384 e. The van der Waals surface area contributed by atoms with Gasteiger partial charge in [0.2, 0.25) is 0 Å². The number of carbonyl (C=O) groups excluding carboxylic acids is 1. The predicted molar refractivity (Wildman–Crippen MR) is 70.8 cm³/mol. The van der Waals surface area contributed by atoms with Crippen molar-refractivity contribution in [3.8, 4) is 11.8 Å². The van der Waals surface area contributed by atoms with E-state index in [0.29, 0.717) is 4.31 Å². The minimum absolute atomic E-state index is 0.00308. The van der Waals surface area contributed by atoms with Crippen LogP contribution < -0.4 is 4.31 Å². The molecule has 0 radical (unpaired) electrons. The van der Waals surface area contributed by atoms with E-state index in [2.05, 4.69) is 11.8 Å².